The van der Waals surface area contributed by atoms with E-state index in [1.807, 2.05) is 6.92 Å². The quantitative estimate of drug-likeness (QED) is 0.735. The first-order valence-corrected chi connectivity index (χ1v) is 7.36. The Kier molecular flexibility index (Phi) is 6.06. The zero-order valence-corrected chi connectivity index (χ0v) is 12.4. The second kappa shape index (κ2) is 7.31. The van der Waals surface area contributed by atoms with Crippen molar-refractivity contribution in [2.75, 3.05) is 0 Å². The lowest BCUT2D eigenvalue weighted by Crippen LogP contribution is -2.47. The highest BCUT2D eigenvalue weighted by Gasteiger charge is 2.27. The first-order valence-electron chi connectivity index (χ1n) is 7.36. The fraction of sp³-hybridized carbons (Fsp3) is 0.733. The van der Waals surface area contributed by atoms with Gasteiger partial charge >= 0.3 is 5.69 Å². The molecule has 0 fully saturated rings. The molecule has 4 heteroatoms. The molecule has 0 aliphatic heterocycles. The summed E-state index contributed by atoms with van der Waals surface area (Å²) in [6, 6.07) is 1.43. The Balaban J connectivity index is 2.98. The number of hydrogen-bond donors (Lipinski definition) is 1. The number of rotatable bonds is 8. The maximum atomic E-state index is 12.0. The Hall–Kier alpha value is -1.32. The van der Waals surface area contributed by atoms with Gasteiger partial charge in [-0.1, -0.05) is 46.0 Å². The number of H-pyrrole nitrogens is 1. The predicted molar refractivity (Wildman–Crippen MR) is 78.6 cm³/mol. The average molecular weight is 266 g/mol. The molecular formula is C15H26N2O2. The lowest BCUT2D eigenvalue weighted by atomic mass is 9.89. The molecule has 4 nitrogen and oxygen atoms in total. The molecular weight excluding hydrogens is 240 g/mol. The zero-order valence-electron chi connectivity index (χ0n) is 12.4. The van der Waals surface area contributed by atoms with Crippen LogP contribution in [0.4, 0.5) is 0 Å². The summed E-state index contributed by atoms with van der Waals surface area (Å²) in [5, 5.41) is 0. The maximum Gasteiger partial charge on any atom is 0.328 e. The first-order chi connectivity index (χ1) is 9.05. The molecule has 0 saturated carbocycles. The third-order valence-corrected chi connectivity index (χ3v) is 3.75. The molecule has 1 atom stereocenters. The average Bonchev–Trinajstić information content (AvgIpc) is 2.35. The van der Waals surface area contributed by atoms with Crippen LogP contribution < -0.4 is 11.2 Å². The van der Waals surface area contributed by atoms with Crippen LogP contribution in [0, 0.1) is 0 Å². The van der Waals surface area contributed by atoms with Gasteiger partial charge in [-0.15, -0.1) is 0 Å². The molecule has 1 N–H and O–H groups in total. The summed E-state index contributed by atoms with van der Waals surface area (Å²) in [7, 11) is 0. The van der Waals surface area contributed by atoms with E-state index in [0.29, 0.717) is 0 Å². The van der Waals surface area contributed by atoms with Crippen molar-refractivity contribution in [3.05, 3.63) is 33.1 Å². The van der Waals surface area contributed by atoms with Gasteiger partial charge in [0, 0.05) is 17.8 Å². The van der Waals surface area contributed by atoms with Crippen molar-refractivity contribution in [2.24, 2.45) is 0 Å². The van der Waals surface area contributed by atoms with E-state index in [4.69, 9.17) is 0 Å². The van der Waals surface area contributed by atoms with Gasteiger partial charge in [-0.05, 0) is 19.8 Å². The molecule has 0 aliphatic carbocycles. The molecule has 0 bridgehead atoms. The number of aromatic nitrogens is 2. The molecule has 0 saturated heterocycles. The van der Waals surface area contributed by atoms with Crippen molar-refractivity contribution in [1.82, 2.24) is 9.55 Å². The number of nitrogens with zero attached hydrogens (tertiary/aromatic N) is 1. The summed E-state index contributed by atoms with van der Waals surface area (Å²) in [5.74, 6) is 0. The second-order valence-electron chi connectivity index (χ2n) is 5.51. The van der Waals surface area contributed by atoms with Crippen molar-refractivity contribution < 1.29 is 0 Å². The van der Waals surface area contributed by atoms with Gasteiger partial charge < -0.3 is 4.98 Å². The number of unbranched alkanes of at least 4 members (excludes halogenated alkanes) is 3. The Morgan fingerprint density at radius 3 is 2.42 bits per heavy atom. The summed E-state index contributed by atoms with van der Waals surface area (Å²) in [5.41, 5.74) is -0.858. The molecule has 0 radical (unpaired) electrons. The topological polar surface area (TPSA) is 54.9 Å². The molecule has 1 unspecified atom stereocenters. The lowest BCUT2D eigenvalue weighted by molar-refractivity contribution is 0.240. The van der Waals surface area contributed by atoms with E-state index in [-0.39, 0.29) is 16.8 Å². The van der Waals surface area contributed by atoms with E-state index in [1.165, 1.54) is 29.7 Å². The fourth-order valence-electron chi connectivity index (χ4n) is 2.75. The van der Waals surface area contributed by atoms with Crippen LogP contribution in [-0.4, -0.2) is 9.55 Å². The van der Waals surface area contributed by atoms with E-state index >= 15 is 0 Å². The maximum absolute atomic E-state index is 12.0. The van der Waals surface area contributed by atoms with Crippen LogP contribution in [0.25, 0.3) is 0 Å². The highest BCUT2D eigenvalue weighted by atomic mass is 16.2. The minimum absolute atomic E-state index is 0.199. The third kappa shape index (κ3) is 4.08. The van der Waals surface area contributed by atoms with Gasteiger partial charge in [-0.3, -0.25) is 9.36 Å². The van der Waals surface area contributed by atoms with Gasteiger partial charge in [0.1, 0.15) is 0 Å². The molecule has 1 heterocycles. The van der Waals surface area contributed by atoms with E-state index in [0.717, 1.165) is 32.1 Å². The number of nitrogens with one attached hydrogen (secondary N) is 1. The van der Waals surface area contributed by atoms with E-state index < -0.39 is 0 Å². The summed E-state index contributed by atoms with van der Waals surface area (Å²) in [6.07, 6.45) is 8.74. The van der Waals surface area contributed by atoms with Crippen LogP contribution in [-0.2, 0) is 5.54 Å². The molecule has 0 spiro atoms. The van der Waals surface area contributed by atoms with Crippen LogP contribution in [0.5, 0.6) is 0 Å². The number of aromatic amines is 1. The third-order valence-electron chi connectivity index (χ3n) is 3.75. The van der Waals surface area contributed by atoms with Crippen molar-refractivity contribution in [2.45, 2.75) is 71.3 Å². The molecule has 0 aromatic carbocycles. The summed E-state index contributed by atoms with van der Waals surface area (Å²) < 4.78 is 1.41. The summed E-state index contributed by atoms with van der Waals surface area (Å²) in [6.45, 7) is 6.29. The van der Waals surface area contributed by atoms with Gasteiger partial charge in [0.05, 0.1) is 0 Å². The molecule has 1 aromatic rings. The lowest BCUT2D eigenvalue weighted by Gasteiger charge is -2.30. The van der Waals surface area contributed by atoms with Gasteiger partial charge in [0.2, 0.25) is 0 Å². The minimum atomic E-state index is -0.367. The van der Waals surface area contributed by atoms with Gasteiger partial charge in [0.15, 0.2) is 0 Å². The summed E-state index contributed by atoms with van der Waals surface area (Å²) >= 11 is 0. The van der Waals surface area contributed by atoms with Crippen molar-refractivity contribution in [1.29, 1.82) is 0 Å². The predicted octanol–water partition coefficient (Wildman–Crippen LogP) is 3.02. The van der Waals surface area contributed by atoms with Crippen molar-refractivity contribution in [3.63, 3.8) is 0 Å². The van der Waals surface area contributed by atoms with Crippen molar-refractivity contribution in [3.8, 4) is 0 Å². The normalized spacial score (nSPS) is 14.3. The molecule has 1 rings (SSSR count). The van der Waals surface area contributed by atoms with Crippen LogP contribution in [0.1, 0.15) is 65.7 Å². The van der Waals surface area contributed by atoms with Crippen molar-refractivity contribution >= 4 is 0 Å². The smallest absolute Gasteiger partial charge is 0.314 e. The van der Waals surface area contributed by atoms with E-state index in [2.05, 4.69) is 18.8 Å². The highest BCUT2D eigenvalue weighted by Crippen LogP contribution is 2.26. The van der Waals surface area contributed by atoms with Crippen LogP contribution in [0.2, 0.25) is 0 Å². The van der Waals surface area contributed by atoms with Crippen LogP contribution >= 0.6 is 0 Å². The Morgan fingerprint density at radius 1 is 1.11 bits per heavy atom. The molecule has 1 aromatic heterocycles. The molecule has 19 heavy (non-hydrogen) atoms. The fourth-order valence-corrected chi connectivity index (χ4v) is 2.75. The van der Waals surface area contributed by atoms with E-state index in [9.17, 15) is 9.59 Å². The zero-order chi connectivity index (χ0) is 14.3. The molecule has 0 amide bonds. The van der Waals surface area contributed by atoms with Gasteiger partial charge in [0.25, 0.3) is 5.56 Å². The SMILES string of the molecule is CCCCCCC(C)(CCC)n1c(=O)cc[nH]c1=O. The first kappa shape index (κ1) is 15.7. The highest BCUT2D eigenvalue weighted by molar-refractivity contribution is 4.92. The largest absolute Gasteiger partial charge is 0.328 e. The Labute approximate surface area is 114 Å². The Morgan fingerprint density at radius 2 is 1.84 bits per heavy atom. The van der Waals surface area contributed by atoms with Gasteiger partial charge in [-0.2, -0.15) is 0 Å². The standard InChI is InChI=1S/C15H26N2O2/c1-4-6-7-8-11-15(3,10-5-2)17-13(18)9-12-16-14(17)19/h9,12H,4-8,10-11H2,1-3H3,(H,16,19). The second-order valence-corrected chi connectivity index (χ2v) is 5.51. The Bertz CT molecular complexity index is 461. The number of hydrogen-bond acceptors (Lipinski definition) is 2. The summed E-state index contributed by atoms with van der Waals surface area (Å²) in [4.78, 5) is 26.6. The van der Waals surface area contributed by atoms with Gasteiger partial charge in [-0.25, -0.2) is 4.79 Å². The molecule has 108 valence electrons. The molecule has 0 aliphatic rings. The minimum Gasteiger partial charge on any atom is -0.314 e. The monoisotopic (exact) mass is 266 g/mol. The van der Waals surface area contributed by atoms with Crippen LogP contribution in [0.15, 0.2) is 21.9 Å². The van der Waals surface area contributed by atoms with E-state index in [1.54, 1.807) is 0 Å². The van der Waals surface area contributed by atoms with Crippen LogP contribution in [0.3, 0.4) is 0 Å².